The third-order valence-electron chi connectivity index (χ3n) is 4.07. The number of likely N-dealkylation sites (tertiary alicyclic amines) is 1. The maximum absolute atomic E-state index is 12.4. The Balaban J connectivity index is 2.08. The number of rotatable bonds is 5. The summed E-state index contributed by atoms with van der Waals surface area (Å²) >= 11 is 0. The monoisotopic (exact) mass is 306 g/mol. The van der Waals surface area contributed by atoms with Gasteiger partial charge >= 0.3 is 0 Å². The maximum Gasteiger partial charge on any atom is 0.252 e. The van der Waals surface area contributed by atoms with Gasteiger partial charge in [-0.05, 0) is 19.3 Å². The lowest BCUT2D eigenvalue weighted by atomic mass is 9.77. The zero-order valence-electron chi connectivity index (χ0n) is 12.5. The van der Waals surface area contributed by atoms with Crippen LogP contribution < -0.4 is 11.3 Å². The lowest BCUT2D eigenvalue weighted by Gasteiger charge is -2.41. The molecule has 2 heterocycles. The van der Waals surface area contributed by atoms with Gasteiger partial charge in [0.25, 0.3) is 5.56 Å². The highest BCUT2D eigenvalue weighted by atomic mass is 16.3. The molecule has 0 aromatic carbocycles. The zero-order valence-corrected chi connectivity index (χ0v) is 12.5. The van der Waals surface area contributed by atoms with Crippen molar-refractivity contribution in [1.82, 2.24) is 14.9 Å². The molecule has 1 aliphatic heterocycles. The second kappa shape index (κ2) is 6.74. The Kier molecular flexibility index (Phi) is 4.97. The number of nitrogen functional groups attached to an aromatic ring is 1. The van der Waals surface area contributed by atoms with Crippen LogP contribution in [0.5, 0.6) is 0 Å². The van der Waals surface area contributed by atoms with E-state index in [0.717, 1.165) is 12.8 Å². The van der Waals surface area contributed by atoms with E-state index in [1.807, 2.05) is 0 Å². The van der Waals surface area contributed by atoms with Gasteiger partial charge in [0, 0.05) is 24.6 Å². The zero-order chi connectivity index (χ0) is 16.2. The highest BCUT2D eigenvalue weighted by Crippen LogP contribution is 2.33. The molecule has 0 bridgehead atoms. The van der Waals surface area contributed by atoms with E-state index in [-0.39, 0.29) is 35.9 Å². The number of hydrogen-bond acceptors (Lipinski definition) is 5. The molecule has 0 saturated carbocycles. The SMILES string of the molecule is C=CCC1(CO)CCCN(C(=O)Cc2cc(=O)[nH]c(N)n2)C1. The van der Waals surface area contributed by atoms with Crippen molar-refractivity contribution in [2.24, 2.45) is 5.41 Å². The van der Waals surface area contributed by atoms with Crippen LogP contribution in [-0.4, -0.2) is 45.6 Å². The van der Waals surface area contributed by atoms with Crippen molar-refractivity contribution in [3.05, 3.63) is 34.8 Å². The van der Waals surface area contributed by atoms with E-state index < -0.39 is 0 Å². The first-order valence-electron chi connectivity index (χ1n) is 7.33. The van der Waals surface area contributed by atoms with Gasteiger partial charge in [-0.1, -0.05) is 6.08 Å². The molecule has 1 atom stereocenters. The molecule has 1 fully saturated rings. The molecule has 22 heavy (non-hydrogen) atoms. The standard InChI is InChI=1S/C15H22N4O3/c1-2-4-15(10-20)5-3-6-19(9-15)13(22)8-11-7-12(21)18-14(16)17-11/h2,7,20H,1,3-6,8-10H2,(H3,16,17,18,21). The first-order chi connectivity index (χ1) is 10.5. The van der Waals surface area contributed by atoms with Crippen molar-refractivity contribution >= 4 is 11.9 Å². The van der Waals surface area contributed by atoms with Crippen LogP contribution in [0.4, 0.5) is 5.95 Å². The van der Waals surface area contributed by atoms with Crippen LogP contribution in [0.2, 0.25) is 0 Å². The molecule has 1 aromatic heterocycles. The molecule has 4 N–H and O–H groups in total. The number of carbonyl (C=O) groups excluding carboxylic acids is 1. The summed E-state index contributed by atoms with van der Waals surface area (Å²) in [4.78, 5) is 31.8. The number of piperidine rings is 1. The van der Waals surface area contributed by atoms with Crippen molar-refractivity contribution < 1.29 is 9.90 Å². The second-order valence-electron chi connectivity index (χ2n) is 5.87. The molecular formula is C15H22N4O3. The van der Waals surface area contributed by atoms with E-state index in [4.69, 9.17) is 5.73 Å². The summed E-state index contributed by atoms with van der Waals surface area (Å²) in [5.74, 6) is -0.107. The van der Waals surface area contributed by atoms with Crippen LogP contribution in [0.3, 0.4) is 0 Å². The summed E-state index contributed by atoms with van der Waals surface area (Å²) in [6, 6.07) is 1.28. The number of allylic oxidation sites excluding steroid dienone is 1. The number of amides is 1. The molecular weight excluding hydrogens is 284 g/mol. The minimum atomic E-state index is -0.370. The number of carbonyl (C=O) groups is 1. The van der Waals surface area contributed by atoms with Crippen molar-refractivity contribution in [2.75, 3.05) is 25.4 Å². The molecule has 0 spiro atoms. The molecule has 1 saturated heterocycles. The minimum absolute atomic E-state index is 0.00491. The highest BCUT2D eigenvalue weighted by molar-refractivity contribution is 5.78. The Hall–Kier alpha value is -2.15. The van der Waals surface area contributed by atoms with Gasteiger partial charge in [-0.25, -0.2) is 4.98 Å². The maximum atomic E-state index is 12.4. The normalized spacial score (nSPS) is 21.6. The average molecular weight is 306 g/mol. The third-order valence-corrected chi connectivity index (χ3v) is 4.07. The van der Waals surface area contributed by atoms with Gasteiger partial charge in [-0.15, -0.1) is 6.58 Å². The number of hydrogen-bond donors (Lipinski definition) is 3. The summed E-state index contributed by atoms with van der Waals surface area (Å²) in [5.41, 5.74) is 5.16. The first-order valence-corrected chi connectivity index (χ1v) is 7.33. The minimum Gasteiger partial charge on any atom is -0.396 e. The molecule has 1 amide bonds. The van der Waals surface area contributed by atoms with Gasteiger partial charge < -0.3 is 15.7 Å². The molecule has 7 heteroatoms. The summed E-state index contributed by atoms with van der Waals surface area (Å²) in [7, 11) is 0. The quantitative estimate of drug-likeness (QED) is 0.667. The molecule has 1 aromatic rings. The van der Waals surface area contributed by atoms with Gasteiger partial charge in [-0.3, -0.25) is 14.6 Å². The number of nitrogens with zero attached hydrogens (tertiary/aromatic N) is 2. The van der Waals surface area contributed by atoms with Gasteiger partial charge in [0.15, 0.2) is 0 Å². The average Bonchev–Trinajstić information content (AvgIpc) is 2.46. The Labute approximate surface area is 128 Å². The van der Waals surface area contributed by atoms with Crippen LogP contribution in [0.25, 0.3) is 0 Å². The predicted octanol–water partition coefficient (Wildman–Crippen LogP) is 0.0718. The number of aromatic nitrogens is 2. The molecule has 2 rings (SSSR count). The van der Waals surface area contributed by atoms with Crippen LogP contribution in [0.1, 0.15) is 25.0 Å². The fourth-order valence-electron chi connectivity index (χ4n) is 2.97. The molecule has 1 aliphatic rings. The van der Waals surface area contributed by atoms with E-state index in [1.54, 1.807) is 11.0 Å². The molecule has 1 unspecified atom stereocenters. The number of nitrogens with two attached hydrogens (primary N) is 1. The lowest BCUT2D eigenvalue weighted by molar-refractivity contribution is -0.134. The lowest BCUT2D eigenvalue weighted by Crippen LogP contribution is -2.48. The summed E-state index contributed by atoms with van der Waals surface area (Å²) in [6.45, 7) is 4.90. The smallest absolute Gasteiger partial charge is 0.252 e. The predicted molar refractivity (Wildman–Crippen MR) is 83.1 cm³/mol. The van der Waals surface area contributed by atoms with Gasteiger partial charge in [-0.2, -0.15) is 0 Å². The molecule has 120 valence electrons. The van der Waals surface area contributed by atoms with Gasteiger partial charge in [0.05, 0.1) is 18.7 Å². The van der Waals surface area contributed by atoms with Crippen LogP contribution >= 0.6 is 0 Å². The van der Waals surface area contributed by atoms with Crippen LogP contribution in [0.15, 0.2) is 23.5 Å². The van der Waals surface area contributed by atoms with E-state index in [1.165, 1.54) is 6.07 Å². The summed E-state index contributed by atoms with van der Waals surface area (Å²) < 4.78 is 0. The molecule has 0 aliphatic carbocycles. The van der Waals surface area contributed by atoms with Crippen molar-refractivity contribution in [3.63, 3.8) is 0 Å². The largest absolute Gasteiger partial charge is 0.396 e. The molecule has 7 nitrogen and oxygen atoms in total. The van der Waals surface area contributed by atoms with Crippen LogP contribution in [-0.2, 0) is 11.2 Å². The second-order valence-corrected chi connectivity index (χ2v) is 5.87. The number of anilines is 1. The Bertz CT molecular complexity index is 613. The van der Waals surface area contributed by atoms with Crippen molar-refractivity contribution in [3.8, 4) is 0 Å². The van der Waals surface area contributed by atoms with E-state index in [9.17, 15) is 14.7 Å². The summed E-state index contributed by atoms with van der Waals surface area (Å²) in [6.07, 6.45) is 4.19. The Morgan fingerprint density at radius 1 is 1.64 bits per heavy atom. The number of aliphatic hydroxyl groups excluding tert-OH is 1. The van der Waals surface area contributed by atoms with Gasteiger partial charge in [0.1, 0.15) is 0 Å². The topological polar surface area (TPSA) is 112 Å². The fraction of sp³-hybridized carbons (Fsp3) is 0.533. The van der Waals surface area contributed by atoms with Crippen LogP contribution in [0, 0.1) is 5.41 Å². The number of aromatic amines is 1. The van der Waals surface area contributed by atoms with Gasteiger partial charge in [0.2, 0.25) is 11.9 Å². The van der Waals surface area contributed by atoms with E-state index >= 15 is 0 Å². The number of H-pyrrole nitrogens is 1. The number of aliphatic hydroxyl groups is 1. The first kappa shape index (κ1) is 16.2. The van der Waals surface area contributed by atoms with Crippen molar-refractivity contribution in [1.29, 1.82) is 0 Å². The highest BCUT2D eigenvalue weighted by Gasteiger charge is 2.35. The third kappa shape index (κ3) is 3.73. The Morgan fingerprint density at radius 3 is 3.05 bits per heavy atom. The fourth-order valence-corrected chi connectivity index (χ4v) is 2.97. The molecule has 0 radical (unpaired) electrons. The van der Waals surface area contributed by atoms with E-state index in [2.05, 4.69) is 16.5 Å². The van der Waals surface area contributed by atoms with Crippen molar-refractivity contribution in [2.45, 2.75) is 25.7 Å². The number of nitrogens with one attached hydrogen (secondary N) is 1. The summed E-state index contributed by atoms with van der Waals surface area (Å²) in [5, 5.41) is 9.67. The van der Waals surface area contributed by atoms with E-state index in [0.29, 0.717) is 25.2 Å². The Morgan fingerprint density at radius 2 is 2.41 bits per heavy atom.